The Kier molecular flexibility index (Phi) is 8.35. The van der Waals surface area contributed by atoms with Crippen molar-refractivity contribution >= 4 is 11.6 Å². The van der Waals surface area contributed by atoms with Gasteiger partial charge >= 0.3 is 0 Å². The van der Waals surface area contributed by atoms with E-state index in [9.17, 15) is 4.79 Å². The number of anilines is 1. The smallest absolute Gasteiger partial charge is 0.253 e. The molecule has 5 nitrogen and oxygen atoms in total. The number of piperidine rings is 1. The normalized spacial score (nSPS) is 14.2. The Balaban J connectivity index is 1.52. The molecule has 0 aliphatic carbocycles. The van der Waals surface area contributed by atoms with Crippen molar-refractivity contribution in [1.82, 2.24) is 9.80 Å². The average molecular weight is 424 g/mol. The maximum Gasteiger partial charge on any atom is 0.253 e. The van der Waals surface area contributed by atoms with Crippen molar-refractivity contribution in [2.45, 2.75) is 45.8 Å². The van der Waals surface area contributed by atoms with Crippen molar-refractivity contribution in [2.24, 2.45) is 0 Å². The first-order valence-corrected chi connectivity index (χ1v) is 11.5. The Labute approximate surface area is 187 Å². The number of hydrogen-bond donors (Lipinski definition) is 0. The summed E-state index contributed by atoms with van der Waals surface area (Å²) in [7, 11) is 4.24. The van der Waals surface area contributed by atoms with Crippen molar-refractivity contribution in [3.05, 3.63) is 59.7 Å². The highest BCUT2D eigenvalue weighted by molar-refractivity contribution is 5.94. The molecule has 1 aliphatic heterocycles. The molecule has 3 rings (SSSR count). The molecule has 1 saturated heterocycles. The molecule has 0 saturated carbocycles. The predicted octanol–water partition coefficient (Wildman–Crippen LogP) is 4.67. The lowest BCUT2D eigenvalue weighted by molar-refractivity contribution is 0.0724. The van der Waals surface area contributed by atoms with Crippen molar-refractivity contribution in [1.29, 1.82) is 0 Å². The van der Waals surface area contributed by atoms with Crippen LogP contribution in [-0.4, -0.2) is 62.1 Å². The maximum atomic E-state index is 12.8. The molecule has 0 bridgehead atoms. The second-order valence-electron chi connectivity index (χ2n) is 8.88. The van der Waals surface area contributed by atoms with E-state index in [0.717, 1.165) is 62.6 Å². The number of hydrogen-bond acceptors (Lipinski definition) is 4. The number of likely N-dealkylation sites (tertiary alicyclic amines) is 1. The van der Waals surface area contributed by atoms with E-state index in [2.05, 4.69) is 48.2 Å². The van der Waals surface area contributed by atoms with Crippen LogP contribution in [0.15, 0.2) is 48.5 Å². The fraction of sp³-hybridized carbons (Fsp3) is 0.500. The molecule has 0 spiro atoms. The van der Waals surface area contributed by atoms with E-state index in [4.69, 9.17) is 4.74 Å². The van der Waals surface area contributed by atoms with E-state index in [1.54, 1.807) is 0 Å². The van der Waals surface area contributed by atoms with Crippen LogP contribution in [0.3, 0.4) is 0 Å². The van der Waals surface area contributed by atoms with Gasteiger partial charge in [-0.15, -0.1) is 0 Å². The Morgan fingerprint density at radius 1 is 1.00 bits per heavy atom. The van der Waals surface area contributed by atoms with E-state index in [-0.39, 0.29) is 12.0 Å². The van der Waals surface area contributed by atoms with Crippen molar-refractivity contribution < 1.29 is 9.53 Å². The third-order valence-electron chi connectivity index (χ3n) is 5.72. The van der Waals surface area contributed by atoms with Crippen LogP contribution in [0.25, 0.3) is 0 Å². The van der Waals surface area contributed by atoms with Gasteiger partial charge in [0.25, 0.3) is 5.91 Å². The van der Waals surface area contributed by atoms with Gasteiger partial charge in [0.1, 0.15) is 5.75 Å². The minimum Gasteiger partial charge on any atom is -0.491 e. The van der Waals surface area contributed by atoms with Gasteiger partial charge in [-0.3, -0.25) is 4.79 Å². The highest BCUT2D eigenvalue weighted by atomic mass is 16.5. The van der Waals surface area contributed by atoms with Crippen LogP contribution < -0.4 is 9.64 Å². The highest BCUT2D eigenvalue weighted by Gasteiger charge is 2.18. The van der Waals surface area contributed by atoms with Gasteiger partial charge in [-0.25, -0.2) is 0 Å². The summed E-state index contributed by atoms with van der Waals surface area (Å²) in [6, 6.07) is 16.4. The van der Waals surface area contributed by atoms with Gasteiger partial charge in [0.2, 0.25) is 0 Å². The van der Waals surface area contributed by atoms with E-state index in [1.165, 1.54) is 12.0 Å². The van der Waals surface area contributed by atoms with Crippen molar-refractivity contribution in [3.8, 4) is 5.75 Å². The predicted molar refractivity (Wildman–Crippen MR) is 128 cm³/mol. The molecule has 0 atom stereocenters. The van der Waals surface area contributed by atoms with Crippen molar-refractivity contribution in [2.75, 3.05) is 45.2 Å². The number of ether oxygens (including phenoxy) is 1. The molecular formula is C26H37N3O2. The van der Waals surface area contributed by atoms with E-state index >= 15 is 0 Å². The molecule has 1 amide bonds. The van der Waals surface area contributed by atoms with Crippen LogP contribution in [0.2, 0.25) is 0 Å². The van der Waals surface area contributed by atoms with Gasteiger partial charge in [-0.1, -0.05) is 18.2 Å². The zero-order valence-corrected chi connectivity index (χ0v) is 19.5. The molecule has 0 radical (unpaired) electrons. The average Bonchev–Trinajstić information content (AvgIpc) is 2.77. The van der Waals surface area contributed by atoms with Gasteiger partial charge in [0.15, 0.2) is 0 Å². The fourth-order valence-corrected chi connectivity index (χ4v) is 3.99. The van der Waals surface area contributed by atoms with Crippen LogP contribution in [0.5, 0.6) is 5.75 Å². The fourth-order valence-electron chi connectivity index (χ4n) is 3.99. The van der Waals surface area contributed by atoms with Gasteiger partial charge in [-0.2, -0.15) is 0 Å². The summed E-state index contributed by atoms with van der Waals surface area (Å²) < 4.78 is 5.82. The zero-order chi connectivity index (χ0) is 22.2. The summed E-state index contributed by atoms with van der Waals surface area (Å²) >= 11 is 0. The van der Waals surface area contributed by atoms with Crippen LogP contribution in [0, 0.1) is 0 Å². The van der Waals surface area contributed by atoms with Gasteiger partial charge < -0.3 is 19.4 Å². The number of amides is 1. The lowest BCUT2D eigenvalue weighted by Gasteiger charge is -2.27. The summed E-state index contributed by atoms with van der Waals surface area (Å²) in [6.07, 6.45) is 3.64. The quantitative estimate of drug-likeness (QED) is 0.587. The molecule has 5 heteroatoms. The largest absolute Gasteiger partial charge is 0.491 e. The molecule has 2 aromatic rings. The standard InChI is InChI=1S/C26H37N3O2/c1-21(2)31-25-13-9-12-24(19-25)28(4)17-16-27(3)20-22-10-8-11-23(18-22)26(30)29-14-6-5-7-15-29/h8-13,18-19,21H,5-7,14-17,20H2,1-4H3. The van der Waals surface area contributed by atoms with Gasteiger partial charge in [0, 0.05) is 57.1 Å². The number of likely N-dealkylation sites (N-methyl/N-ethyl adjacent to an activating group) is 2. The summed E-state index contributed by atoms with van der Waals surface area (Å²) in [4.78, 5) is 19.3. The van der Waals surface area contributed by atoms with E-state index in [0.29, 0.717) is 0 Å². The monoisotopic (exact) mass is 423 g/mol. The Morgan fingerprint density at radius 3 is 2.48 bits per heavy atom. The first-order chi connectivity index (χ1) is 14.9. The van der Waals surface area contributed by atoms with Gasteiger partial charge in [0.05, 0.1) is 6.10 Å². The number of benzene rings is 2. The molecule has 0 aromatic heterocycles. The van der Waals surface area contributed by atoms with Crippen LogP contribution in [0.1, 0.15) is 49.0 Å². The Morgan fingerprint density at radius 2 is 1.74 bits per heavy atom. The number of carbonyl (C=O) groups is 1. The first-order valence-electron chi connectivity index (χ1n) is 11.5. The lowest BCUT2D eigenvalue weighted by atomic mass is 10.1. The molecule has 2 aromatic carbocycles. The van der Waals surface area contributed by atoms with E-state index in [1.807, 2.05) is 43.0 Å². The van der Waals surface area contributed by atoms with Crippen LogP contribution in [-0.2, 0) is 6.54 Å². The second-order valence-corrected chi connectivity index (χ2v) is 8.88. The molecular weight excluding hydrogens is 386 g/mol. The van der Waals surface area contributed by atoms with E-state index < -0.39 is 0 Å². The van der Waals surface area contributed by atoms with Crippen LogP contribution in [0.4, 0.5) is 5.69 Å². The second kappa shape index (κ2) is 11.2. The Hall–Kier alpha value is -2.53. The lowest BCUT2D eigenvalue weighted by Crippen LogP contribution is -2.35. The SMILES string of the molecule is CC(C)Oc1cccc(N(C)CCN(C)Cc2cccc(C(=O)N3CCCCC3)c2)c1. The number of nitrogens with zero attached hydrogens (tertiary/aromatic N) is 3. The number of rotatable bonds is 9. The highest BCUT2D eigenvalue weighted by Crippen LogP contribution is 2.21. The zero-order valence-electron chi connectivity index (χ0n) is 19.5. The number of carbonyl (C=O) groups excluding carboxylic acids is 1. The maximum absolute atomic E-state index is 12.8. The summed E-state index contributed by atoms with van der Waals surface area (Å²) in [5, 5.41) is 0. The molecule has 168 valence electrons. The first kappa shape index (κ1) is 23.1. The van der Waals surface area contributed by atoms with Crippen LogP contribution >= 0.6 is 0 Å². The third kappa shape index (κ3) is 7.00. The van der Waals surface area contributed by atoms with Gasteiger partial charge in [-0.05, 0) is 70.0 Å². The molecule has 31 heavy (non-hydrogen) atoms. The topological polar surface area (TPSA) is 36.0 Å². The molecule has 0 unspecified atom stereocenters. The third-order valence-corrected chi connectivity index (χ3v) is 5.72. The summed E-state index contributed by atoms with van der Waals surface area (Å²) in [5.41, 5.74) is 3.15. The van der Waals surface area contributed by atoms with Crippen molar-refractivity contribution in [3.63, 3.8) is 0 Å². The minimum atomic E-state index is 0.171. The summed E-state index contributed by atoms with van der Waals surface area (Å²) in [6.45, 7) is 8.52. The summed E-state index contributed by atoms with van der Waals surface area (Å²) in [5.74, 6) is 1.08. The molecule has 0 N–H and O–H groups in total. The molecule has 1 heterocycles. The molecule has 1 aliphatic rings. The Bertz CT molecular complexity index is 846. The minimum absolute atomic E-state index is 0.171. The molecule has 1 fully saturated rings.